The standard InChI is InChI=1S/C28H29FN2O4S/c1-34-21-10-8-20(9-11-21)28(33)30(16-19-6-7-19)17-27(32)31-14-12-26-22(13-15-36-26)24(31)18-35-25-5-3-2-4-23(25)29/h2-5,8-11,13,15,19,24H,6-7,12,14,16-18H2,1H3. The van der Waals surface area contributed by atoms with Crippen LogP contribution in [-0.4, -0.2) is 55.0 Å². The lowest BCUT2D eigenvalue weighted by molar-refractivity contribution is -0.135. The highest BCUT2D eigenvalue weighted by Gasteiger charge is 2.35. The minimum Gasteiger partial charge on any atom is -0.497 e. The molecule has 3 aromatic rings. The fourth-order valence-corrected chi connectivity index (χ4v) is 5.53. The minimum atomic E-state index is -0.433. The molecule has 1 saturated carbocycles. The van der Waals surface area contributed by atoms with Crippen molar-refractivity contribution in [2.45, 2.75) is 25.3 Å². The number of amides is 2. The maximum Gasteiger partial charge on any atom is 0.254 e. The molecule has 2 heterocycles. The Balaban J connectivity index is 1.34. The van der Waals surface area contributed by atoms with Crippen LogP contribution in [0.4, 0.5) is 4.39 Å². The first-order chi connectivity index (χ1) is 17.5. The molecule has 1 unspecified atom stereocenters. The van der Waals surface area contributed by atoms with Gasteiger partial charge in [0.1, 0.15) is 18.9 Å². The van der Waals surface area contributed by atoms with Crippen molar-refractivity contribution >= 4 is 23.2 Å². The molecule has 0 saturated heterocycles. The summed E-state index contributed by atoms with van der Waals surface area (Å²) in [6.45, 7) is 1.23. The Morgan fingerprint density at radius 2 is 1.89 bits per heavy atom. The summed E-state index contributed by atoms with van der Waals surface area (Å²) in [5.74, 6) is 0.551. The van der Waals surface area contributed by atoms with Gasteiger partial charge in [-0.3, -0.25) is 9.59 Å². The predicted molar refractivity (Wildman–Crippen MR) is 136 cm³/mol. The average molecular weight is 509 g/mol. The van der Waals surface area contributed by atoms with Crippen molar-refractivity contribution in [3.8, 4) is 11.5 Å². The van der Waals surface area contributed by atoms with Crippen LogP contribution in [0.15, 0.2) is 60.0 Å². The molecule has 1 fully saturated rings. The van der Waals surface area contributed by atoms with Crippen LogP contribution in [-0.2, 0) is 11.2 Å². The number of para-hydroxylation sites is 1. The number of thiophene rings is 1. The van der Waals surface area contributed by atoms with Gasteiger partial charge in [-0.05, 0) is 78.6 Å². The molecule has 2 aliphatic rings. The Morgan fingerprint density at radius 3 is 2.61 bits per heavy atom. The molecule has 1 atom stereocenters. The summed E-state index contributed by atoms with van der Waals surface area (Å²) in [6, 6.07) is 14.9. The summed E-state index contributed by atoms with van der Waals surface area (Å²) in [6.07, 6.45) is 2.90. The molecule has 5 rings (SSSR count). The summed E-state index contributed by atoms with van der Waals surface area (Å²) < 4.78 is 25.2. The third-order valence-corrected chi connectivity index (χ3v) is 7.77. The smallest absolute Gasteiger partial charge is 0.254 e. The molecule has 1 aromatic heterocycles. The normalized spacial score (nSPS) is 16.8. The van der Waals surface area contributed by atoms with Gasteiger partial charge in [0.2, 0.25) is 5.91 Å². The lowest BCUT2D eigenvalue weighted by Crippen LogP contribution is -2.48. The van der Waals surface area contributed by atoms with E-state index in [1.165, 1.54) is 10.9 Å². The summed E-state index contributed by atoms with van der Waals surface area (Å²) >= 11 is 1.66. The summed E-state index contributed by atoms with van der Waals surface area (Å²) in [7, 11) is 1.58. The Morgan fingerprint density at radius 1 is 1.11 bits per heavy atom. The van der Waals surface area contributed by atoms with Crippen LogP contribution in [0, 0.1) is 11.7 Å². The van der Waals surface area contributed by atoms with Crippen LogP contribution in [0.5, 0.6) is 11.5 Å². The van der Waals surface area contributed by atoms with E-state index in [-0.39, 0.29) is 36.8 Å². The molecule has 8 heteroatoms. The number of hydrogen-bond acceptors (Lipinski definition) is 5. The molecule has 0 bridgehead atoms. The van der Waals surface area contributed by atoms with Gasteiger partial charge in [-0.2, -0.15) is 0 Å². The van der Waals surface area contributed by atoms with Crippen molar-refractivity contribution in [3.05, 3.63) is 81.8 Å². The molecular formula is C28H29FN2O4S. The second kappa shape index (κ2) is 10.7. The SMILES string of the molecule is COc1ccc(C(=O)N(CC(=O)N2CCc3sccc3C2COc2ccccc2F)CC2CC2)cc1. The number of hydrogen-bond donors (Lipinski definition) is 0. The van der Waals surface area contributed by atoms with Gasteiger partial charge in [-0.25, -0.2) is 4.39 Å². The van der Waals surface area contributed by atoms with Gasteiger partial charge in [0, 0.05) is 23.5 Å². The van der Waals surface area contributed by atoms with Crippen molar-refractivity contribution in [3.63, 3.8) is 0 Å². The number of benzene rings is 2. The maximum atomic E-state index is 14.2. The van der Waals surface area contributed by atoms with E-state index in [0.717, 1.165) is 24.8 Å². The number of nitrogens with zero attached hydrogens (tertiary/aromatic N) is 2. The van der Waals surface area contributed by atoms with Gasteiger partial charge in [0.05, 0.1) is 13.2 Å². The van der Waals surface area contributed by atoms with Gasteiger partial charge in [0.15, 0.2) is 11.6 Å². The van der Waals surface area contributed by atoms with Gasteiger partial charge in [-0.1, -0.05) is 12.1 Å². The molecule has 0 radical (unpaired) electrons. The highest BCUT2D eigenvalue weighted by Crippen LogP contribution is 2.35. The van der Waals surface area contributed by atoms with E-state index in [4.69, 9.17) is 9.47 Å². The van der Waals surface area contributed by atoms with Crippen LogP contribution in [0.3, 0.4) is 0 Å². The van der Waals surface area contributed by atoms with Crippen LogP contribution in [0.1, 0.15) is 39.7 Å². The summed E-state index contributed by atoms with van der Waals surface area (Å²) in [4.78, 5) is 31.7. The van der Waals surface area contributed by atoms with Crippen LogP contribution < -0.4 is 9.47 Å². The summed E-state index contributed by atoms with van der Waals surface area (Å²) in [5.41, 5.74) is 1.56. The number of methoxy groups -OCH3 is 1. The molecule has 1 aliphatic heterocycles. The van der Waals surface area contributed by atoms with Gasteiger partial charge in [0.25, 0.3) is 5.91 Å². The molecule has 188 valence electrons. The Labute approximate surface area is 214 Å². The number of carbonyl (C=O) groups excluding carboxylic acids is 2. The maximum absolute atomic E-state index is 14.2. The highest BCUT2D eigenvalue weighted by atomic mass is 32.1. The Kier molecular flexibility index (Phi) is 7.23. The first kappa shape index (κ1) is 24.3. The van der Waals surface area contributed by atoms with Crippen molar-refractivity contribution in [1.82, 2.24) is 9.80 Å². The number of rotatable bonds is 9. The monoisotopic (exact) mass is 508 g/mol. The zero-order valence-electron chi connectivity index (χ0n) is 20.2. The molecule has 6 nitrogen and oxygen atoms in total. The fourth-order valence-electron chi connectivity index (χ4n) is 4.61. The van der Waals surface area contributed by atoms with Gasteiger partial charge < -0.3 is 19.3 Å². The van der Waals surface area contributed by atoms with Crippen molar-refractivity contribution < 1.29 is 23.5 Å². The van der Waals surface area contributed by atoms with Crippen LogP contribution in [0.2, 0.25) is 0 Å². The third-order valence-electron chi connectivity index (χ3n) is 6.77. The topological polar surface area (TPSA) is 59.1 Å². The van der Waals surface area contributed by atoms with E-state index in [0.29, 0.717) is 30.3 Å². The first-order valence-electron chi connectivity index (χ1n) is 12.2. The molecule has 36 heavy (non-hydrogen) atoms. The third kappa shape index (κ3) is 5.38. The van der Waals surface area contributed by atoms with E-state index >= 15 is 0 Å². The Hall–Kier alpha value is -3.39. The largest absolute Gasteiger partial charge is 0.497 e. The Bertz CT molecular complexity index is 1220. The van der Waals surface area contributed by atoms with Gasteiger partial charge >= 0.3 is 0 Å². The van der Waals surface area contributed by atoms with Crippen molar-refractivity contribution in [1.29, 1.82) is 0 Å². The second-order valence-electron chi connectivity index (χ2n) is 9.25. The van der Waals surface area contributed by atoms with Crippen LogP contribution >= 0.6 is 11.3 Å². The van der Waals surface area contributed by atoms with E-state index in [2.05, 4.69) is 0 Å². The number of carbonyl (C=O) groups is 2. The van der Waals surface area contributed by atoms with E-state index in [1.54, 1.807) is 70.7 Å². The van der Waals surface area contributed by atoms with Crippen LogP contribution in [0.25, 0.3) is 0 Å². The number of fused-ring (bicyclic) bond motifs is 1. The van der Waals surface area contributed by atoms with Crippen molar-refractivity contribution in [2.75, 3.05) is 33.4 Å². The van der Waals surface area contributed by atoms with Crippen molar-refractivity contribution in [2.24, 2.45) is 5.92 Å². The molecule has 2 aromatic carbocycles. The van der Waals surface area contributed by atoms with E-state index < -0.39 is 5.82 Å². The lowest BCUT2D eigenvalue weighted by atomic mass is 10.00. The lowest BCUT2D eigenvalue weighted by Gasteiger charge is -2.37. The van der Waals surface area contributed by atoms with E-state index in [1.807, 2.05) is 11.4 Å². The molecule has 1 aliphatic carbocycles. The molecule has 2 amide bonds. The quantitative estimate of drug-likeness (QED) is 0.410. The first-order valence-corrected chi connectivity index (χ1v) is 13.1. The zero-order chi connectivity index (χ0) is 25.1. The van der Waals surface area contributed by atoms with E-state index in [9.17, 15) is 14.0 Å². The molecule has 0 spiro atoms. The second-order valence-corrected chi connectivity index (χ2v) is 10.3. The number of halogens is 1. The van der Waals surface area contributed by atoms with Gasteiger partial charge in [-0.15, -0.1) is 11.3 Å². The fraction of sp³-hybridized carbons (Fsp3) is 0.357. The molecular weight excluding hydrogens is 479 g/mol. The number of ether oxygens (including phenoxy) is 2. The predicted octanol–water partition coefficient (Wildman–Crippen LogP) is 4.95. The molecule has 0 N–H and O–H groups in total. The summed E-state index contributed by atoms with van der Waals surface area (Å²) in [5, 5.41) is 2.02. The highest BCUT2D eigenvalue weighted by molar-refractivity contribution is 7.10. The zero-order valence-corrected chi connectivity index (χ0v) is 21.0. The average Bonchev–Trinajstić information content (AvgIpc) is 3.59. The minimum absolute atomic E-state index is 0.00295.